The van der Waals surface area contributed by atoms with Gasteiger partial charge in [0.2, 0.25) is 5.88 Å². The number of fused-ring (bicyclic) bond motifs is 2. The van der Waals surface area contributed by atoms with Crippen LogP contribution in [-0.4, -0.2) is 38.7 Å². The van der Waals surface area contributed by atoms with Gasteiger partial charge in [-0.1, -0.05) is 12.1 Å². The third kappa shape index (κ3) is 3.00. The van der Waals surface area contributed by atoms with Crippen molar-refractivity contribution >= 4 is 11.2 Å². The van der Waals surface area contributed by atoms with Crippen LogP contribution in [0.15, 0.2) is 36.4 Å². The molecule has 0 spiro atoms. The quantitative estimate of drug-likeness (QED) is 0.320. The van der Waals surface area contributed by atoms with Crippen LogP contribution < -0.4 is 14.2 Å². The van der Waals surface area contributed by atoms with Crippen molar-refractivity contribution in [2.24, 2.45) is 0 Å². The van der Waals surface area contributed by atoms with Crippen molar-refractivity contribution in [2.45, 2.75) is 13.3 Å². The second-order valence-corrected chi connectivity index (χ2v) is 7.01. The number of nitro benzene ring substituents is 1. The predicted octanol–water partition coefficient (Wildman–Crippen LogP) is 3.72. The number of nitro groups is 1. The molecule has 0 aliphatic carbocycles. The lowest BCUT2D eigenvalue weighted by molar-refractivity contribution is -0.384. The maximum atomic E-state index is 11.2. The molecule has 5 rings (SSSR count). The first-order valence-electron chi connectivity index (χ1n) is 9.42. The maximum Gasteiger partial charge on any atom is 0.270 e. The molecule has 1 aliphatic rings. The van der Waals surface area contributed by atoms with Crippen molar-refractivity contribution in [3.8, 4) is 34.5 Å². The SMILES string of the molecule is COc1cc2cc(c1OC)Cc1nc(C)n3nc(-c4cccc([N+](=O)[O-])c4)nc(c13)O2. The molecular weight excluding hydrogens is 402 g/mol. The molecule has 0 N–H and O–H groups in total. The first-order chi connectivity index (χ1) is 15.0. The molecule has 0 saturated carbocycles. The second-order valence-electron chi connectivity index (χ2n) is 7.01. The first kappa shape index (κ1) is 18.8. The highest BCUT2D eigenvalue weighted by molar-refractivity contribution is 5.69. The number of benzene rings is 2. The molecule has 0 amide bonds. The Morgan fingerprint density at radius 2 is 2.00 bits per heavy atom. The lowest BCUT2D eigenvalue weighted by Gasteiger charge is -2.18. The number of non-ortho nitro benzene ring substituents is 1. The number of ether oxygens (including phenoxy) is 3. The molecule has 156 valence electrons. The molecular formula is C21H17N5O5. The van der Waals surface area contributed by atoms with Crippen LogP contribution in [0.2, 0.25) is 0 Å². The summed E-state index contributed by atoms with van der Waals surface area (Å²) < 4.78 is 18.8. The Morgan fingerprint density at radius 1 is 1.16 bits per heavy atom. The largest absolute Gasteiger partial charge is 0.493 e. The van der Waals surface area contributed by atoms with Crippen LogP contribution in [0.25, 0.3) is 16.9 Å². The molecule has 4 aromatic rings. The van der Waals surface area contributed by atoms with Crippen LogP contribution in [0.4, 0.5) is 5.69 Å². The zero-order valence-corrected chi connectivity index (χ0v) is 16.9. The Hall–Kier alpha value is -4.21. The number of aromatic nitrogens is 4. The summed E-state index contributed by atoms with van der Waals surface area (Å²) in [6, 6.07) is 9.74. The molecule has 31 heavy (non-hydrogen) atoms. The van der Waals surface area contributed by atoms with Crippen molar-refractivity contribution in [1.29, 1.82) is 0 Å². The van der Waals surface area contributed by atoms with Crippen molar-refractivity contribution in [1.82, 2.24) is 19.6 Å². The van der Waals surface area contributed by atoms with E-state index in [4.69, 9.17) is 14.2 Å². The summed E-state index contributed by atoms with van der Waals surface area (Å²) in [5.41, 5.74) is 2.69. The Labute approximate surface area is 176 Å². The van der Waals surface area contributed by atoms with E-state index in [2.05, 4.69) is 15.1 Å². The van der Waals surface area contributed by atoms with Crippen molar-refractivity contribution < 1.29 is 19.1 Å². The lowest BCUT2D eigenvalue weighted by atomic mass is 10.1. The molecule has 10 heteroatoms. The Bertz CT molecular complexity index is 1360. The monoisotopic (exact) mass is 419 g/mol. The summed E-state index contributed by atoms with van der Waals surface area (Å²) in [7, 11) is 3.15. The molecule has 0 saturated heterocycles. The van der Waals surface area contributed by atoms with Crippen LogP contribution in [0.5, 0.6) is 23.1 Å². The minimum atomic E-state index is -0.455. The van der Waals surface area contributed by atoms with Gasteiger partial charge in [-0.25, -0.2) is 9.50 Å². The summed E-state index contributed by atoms with van der Waals surface area (Å²) in [5, 5.41) is 15.8. The van der Waals surface area contributed by atoms with Gasteiger partial charge < -0.3 is 14.2 Å². The van der Waals surface area contributed by atoms with Crippen LogP contribution in [0, 0.1) is 17.0 Å². The van der Waals surface area contributed by atoms with Gasteiger partial charge in [-0.2, -0.15) is 4.98 Å². The van der Waals surface area contributed by atoms with Crippen molar-refractivity contribution in [2.75, 3.05) is 14.2 Å². The zero-order chi connectivity index (χ0) is 21.7. The molecule has 2 aromatic carbocycles. The summed E-state index contributed by atoms with van der Waals surface area (Å²) >= 11 is 0. The third-order valence-corrected chi connectivity index (χ3v) is 5.11. The summed E-state index contributed by atoms with van der Waals surface area (Å²) in [4.78, 5) is 20.0. The molecule has 2 bridgehead atoms. The van der Waals surface area contributed by atoms with Gasteiger partial charge in [-0.3, -0.25) is 10.1 Å². The van der Waals surface area contributed by atoms with E-state index >= 15 is 0 Å². The van der Waals surface area contributed by atoms with Crippen LogP contribution in [-0.2, 0) is 6.42 Å². The summed E-state index contributed by atoms with van der Waals surface area (Å²) in [5.74, 6) is 2.93. The third-order valence-electron chi connectivity index (χ3n) is 5.11. The van der Waals surface area contributed by atoms with E-state index in [1.54, 1.807) is 36.9 Å². The predicted molar refractivity (Wildman–Crippen MR) is 110 cm³/mol. The van der Waals surface area contributed by atoms with Crippen molar-refractivity contribution in [3.63, 3.8) is 0 Å². The molecule has 0 fully saturated rings. The molecule has 0 atom stereocenters. The van der Waals surface area contributed by atoms with Gasteiger partial charge in [0.1, 0.15) is 11.6 Å². The highest BCUT2D eigenvalue weighted by atomic mass is 16.6. The van der Waals surface area contributed by atoms with Gasteiger partial charge in [0.25, 0.3) is 5.69 Å². The molecule has 0 unspecified atom stereocenters. The molecule has 0 radical (unpaired) electrons. The number of imidazole rings is 1. The van der Waals surface area contributed by atoms with Crippen LogP contribution in [0.3, 0.4) is 0 Å². The second kappa shape index (κ2) is 6.94. The van der Waals surface area contributed by atoms with Gasteiger partial charge in [0.05, 0.1) is 24.8 Å². The maximum absolute atomic E-state index is 11.2. The van der Waals surface area contributed by atoms with E-state index < -0.39 is 4.92 Å². The van der Waals surface area contributed by atoms with Gasteiger partial charge in [-0.15, -0.1) is 5.10 Å². The van der Waals surface area contributed by atoms with E-state index in [-0.39, 0.29) is 5.69 Å². The number of hydrogen-bond donors (Lipinski definition) is 0. The topological polar surface area (TPSA) is 114 Å². The Balaban J connectivity index is 1.73. The van der Waals surface area contributed by atoms with Gasteiger partial charge in [0, 0.05) is 35.7 Å². The van der Waals surface area contributed by atoms with E-state index in [0.717, 1.165) is 11.3 Å². The number of aryl methyl sites for hydroxylation is 1. The zero-order valence-electron chi connectivity index (χ0n) is 16.9. The number of hydrogen-bond acceptors (Lipinski definition) is 8. The van der Waals surface area contributed by atoms with E-state index in [9.17, 15) is 10.1 Å². The van der Waals surface area contributed by atoms with E-state index in [0.29, 0.717) is 52.3 Å². The van der Waals surface area contributed by atoms with E-state index in [1.807, 2.05) is 13.0 Å². The van der Waals surface area contributed by atoms with Crippen LogP contribution in [0.1, 0.15) is 17.1 Å². The van der Waals surface area contributed by atoms with Gasteiger partial charge in [-0.05, 0) is 13.0 Å². The first-order valence-corrected chi connectivity index (χ1v) is 9.42. The van der Waals surface area contributed by atoms with Gasteiger partial charge in [0.15, 0.2) is 22.8 Å². The summed E-state index contributed by atoms with van der Waals surface area (Å²) in [6.07, 6.45) is 0.473. The number of methoxy groups -OCH3 is 2. The fraction of sp³-hybridized carbons (Fsp3) is 0.190. The normalized spacial score (nSPS) is 12.1. The average molecular weight is 419 g/mol. The van der Waals surface area contributed by atoms with Crippen LogP contribution >= 0.6 is 0 Å². The number of nitrogens with zero attached hydrogens (tertiary/aromatic N) is 5. The fourth-order valence-electron chi connectivity index (χ4n) is 3.76. The lowest BCUT2D eigenvalue weighted by Crippen LogP contribution is -2.06. The van der Waals surface area contributed by atoms with E-state index in [1.165, 1.54) is 12.1 Å². The minimum Gasteiger partial charge on any atom is -0.493 e. The Morgan fingerprint density at radius 3 is 2.74 bits per heavy atom. The fourth-order valence-corrected chi connectivity index (χ4v) is 3.76. The molecule has 10 nitrogen and oxygen atoms in total. The highest BCUT2D eigenvalue weighted by Gasteiger charge is 2.25. The standard InChI is InChI=1S/C21H17N5O5/c1-11-22-16-9-13-8-15(10-17(29-2)19(13)30-3)31-21-18(16)25(11)24-20(23-21)12-5-4-6-14(7-12)26(27)28/h4-8,10H,9H2,1-3H3. The highest BCUT2D eigenvalue weighted by Crippen LogP contribution is 2.41. The Kier molecular flexibility index (Phi) is 4.21. The molecule has 1 aliphatic heterocycles. The average Bonchev–Trinajstić information content (AvgIpc) is 3.07. The smallest absolute Gasteiger partial charge is 0.270 e. The molecule has 3 heterocycles. The van der Waals surface area contributed by atoms with Crippen molar-refractivity contribution in [3.05, 3.63) is 63.6 Å². The number of rotatable bonds is 4. The minimum absolute atomic E-state index is 0.0441. The summed E-state index contributed by atoms with van der Waals surface area (Å²) in [6.45, 7) is 1.83. The molecule has 2 aromatic heterocycles. The van der Waals surface area contributed by atoms with Gasteiger partial charge >= 0.3 is 0 Å².